The first-order chi connectivity index (χ1) is 10.7. The lowest BCUT2D eigenvalue weighted by atomic mass is 10.1. The largest absolute Gasteiger partial charge is 0.462 e. The molecule has 0 saturated heterocycles. The number of ether oxygens (including phenoxy) is 1. The normalized spacial score (nSPS) is 10.8. The van der Waals surface area contributed by atoms with Gasteiger partial charge in [-0.15, -0.1) is 0 Å². The molecule has 0 unspecified atom stereocenters. The molecule has 0 atom stereocenters. The third-order valence-electron chi connectivity index (χ3n) is 3.32. The number of halogens is 1. The second-order valence-electron chi connectivity index (χ2n) is 4.95. The SMILES string of the molecule is CCOC(=O)c1ccc2nn(Cc3ccc(F)cc3)cc2c1. The number of carbonyl (C=O) groups is 1. The van der Waals surface area contributed by atoms with Crippen molar-refractivity contribution in [2.45, 2.75) is 13.5 Å². The van der Waals surface area contributed by atoms with Gasteiger partial charge in [0, 0.05) is 11.6 Å². The van der Waals surface area contributed by atoms with E-state index in [4.69, 9.17) is 4.74 Å². The lowest BCUT2D eigenvalue weighted by Gasteiger charge is -2.00. The second-order valence-corrected chi connectivity index (χ2v) is 4.95. The predicted molar refractivity (Wildman–Crippen MR) is 81.2 cm³/mol. The summed E-state index contributed by atoms with van der Waals surface area (Å²) in [5.41, 5.74) is 2.27. The Morgan fingerprint density at radius 3 is 2.73 bits per heavy atom. The van der Waals surface area contributed by atoms with Crippen molar-refractivity contribution in [3.8, 4) is 0 Å². The zero-order valence-electron chi connectivity index (χ0n) is 12.1. The summed E-state index contributed by atoms with van der Waals surface area (Å²) in [6, 6.07) is 11.6. The lowest BCUT2D eigenvalue weighted by Crippen LogP contribution is -2.03. The van der Waals surface area contributed by atoms with Gasteiger partial charge in [0.25, 0.3) is 0 Å². The van der Waals surface area contributed by atoms with Crippen molar-refractivity contribution in [2.24, 2.45) is 0 Å². The van der Waals surface area contributed by atoms with Gasteiger partial charge in [0.2, 0.25) is 0 Å². The van der Waals surface area contributed by atoms with Gasteiger partial charge in [-0.25, -0.2) is 9.18 Å². The van der Waals surface area contributed by atoms with Gasteiger partial charge in [-0.3, -0.25) is 4.68 Å². The first-order valence-corrected chi connectivity index (χ1v) is 7.04. The van der Waals surface area contributed by atoms with Crippen LogP contribution in [0.1, 0.15) is 22.8 Å². The summed E-state index contributed by atoms with van der Waals surface area (Å²) in [7, 11) is 0. The fourth-order valence-electron chi connectivity index (χ4n) is 2.28. The minimum Gasteiger partial charge on any atom is -0.462 e. The monoisotopic (exact) mass is 298 g/mol. The Morgan fingerprint density at radius 1 is 1.23 bits per heavy atom. The minimum atomic E-state index is -0.337. The predicted octanol–water partition coefficient (Wildman–Crippen LogP) is 3.40. The standard InChI is InChI=1S/C17H15FN2O2/c1-2-22-17(21)13-5-8-16-14(9-13)11-20(19-16)10-12-3-6-15(18)7-4-12/h3-9,11H,2,10H2,1H3. The molecule has 0 radical (unpaired) electrons. The average Bonchev–Trinajstić information content (AvgIpc) is 2.91. The van der Waals surface area contributed by atoms with E-state index in [0.717, 1.165) is 16.5 Å². The first kappa shape index (κ1) is 14.3. The highest BCUT2D eigenvalue weighted by Gasteiger charge is 2.09. The van der Waals surface area contributed by atoms with E-state index < -0.39 is 0 Å². The quantitative estimate of drug-likeness (QED) is 0.693. The van der Waals surface area contributed by atoms with Crippen LogP contribution in [0.2, 0.25) is 0 Å². The Hall–Kier alpha value is -2.69. The molecule has 0 fully saturated rings. The topological polar surface area (TPSA) is 44.1 Å². The minimum absolute atomic E-state index is 0.256. The number of hydrogen-bond donors (Lipinski definition) is 0. The number of nitrogens with zero attached hydrogens (tertiary/aromatic N) is 2. The Kier molecular flexibility index (Phi) is 3.87. The van der Waals surface area contributed by atoms with Crippen molar-refractivity contribution in [3.05, 3.63) is 65.6 Å². The van der Waals surface area contributed by atoms with Crippen molar-refractivity contribution in [3.63, 3.8) is 0 Å². The smallest absolute Gasteiger partial charge is 0.338 e. The van der Waals surface area contributed by atoms with Gasteiger partial charge >= 0.3 is 5.97 Å². The third kappa shape index (κ3) is 2.98. The zero-order chi connectivity index (χ0) is 15.5. The number of aromatic nitrogens is 2. The van der Waals surface area contributed by atoms with Gasteiger partial charge < -0.3 is 4.74 Å². The van der Waals surface area contributed by atoms with Crippen LogP contribution < -0.4 is 0 Å². The maximum Gasteiger partial charge on any atom is 0.338 e. The van der Waals surface area contributed by atoms with Gasteiger partial charge in [0.05, 0.1) is 24.2 Å². The molecule has 2 aromatic carbocycles. The van der Waals surface area contributed by atoms with Gasteiger partial charge in [0.1, 0.15) is 5.82 Å². The molecular weight excluding hydrogens is 283 g/mol. The Bertz CT molecular complexity index is 809. The molecule has 22 heavy (non-hydrogen) atoms. The molecule has 5 heteroatoms. The molecule has 0 bridgehead atoms. The van der Waals surface area contributed by atoms with Crippen LogP contribution in [0.15, 0.2) is 48.7 Å². The van der Waals surface area contributed by atoms with Crippen LogP contribution in [-0.2, 0) is 11.3 Å². The van der Waals surface area contributed by atoms with Gasteiger partial charge in [-0.05, 0) is 42.8 Å². The van der Waals surface area contributed by atoms with Crippen molar-refractivity contribution in [2.75, 3.05) is 6.61 Å². The molecule has 0 aliphatic carbocycles. The Labute approximate surface area is 127 Å². The highest BCUT2D eigenvalue weighted by atomic mass is 19.1. The van der Waals surface area contributed by atoms with E-state index in [2.05, 4.69) is 5.10 Å². The van der Waals surface area contributed by atoms with E-state index in [1.807, 2.05) is 6.20 Å². The molecule has 112 valence electrons. The number of esters is 1. The molecule has 0 aliphatic rings. The molecule has 0 amide bonds. The Balaban J connectivity index is 1.86. The molecule has 1 heterocycles. The van der Waals surface area contributed by atoms with Gasteiger partial charge in [-0.2, -0.15) is 5.10 Å². The molecule has 1 aromatic heterocycles. The van der Waals surface area contributed by atoms with E-state index in [0.29, 0.717) is 18.7 Å². The summed E-state index contributed by atoms with van der Waals surface area (Å²) in [4.78, 5) is 11.7. The summed E-state index contributed by atoms with van der Waals surface area (Å²) in [6.45, 7) is 2.67. The number of benzene rings is 2. The fraction of sp³-hybridized carbons (Fsp3) is 0.176. The van der Waals surface area contributed by atoms with Gasteiger partial charge in [-0.1, -0.05) is 12.1 Å². The summed E-state index contributed by atoms with van der Waals surface area (Å²) in [6.07, 6.45) is 1.86. The van der Waals surface area contributed by atoms with Crippen LogP contribution >= 0.6 is 0 Å². The van der Waals surface area contributed by atoms with Crippen LogP contribution in [0, 0.1) is 5.82 Å². The van der Waals surface area contributed by atoms with Gasteiger partial charge in [0.15, 0.2) is 0 Å². The number of fused-ring (bicyclic) bond motifs is 1. The summed E-state index contributed by atoms with van der Waals surface area (Å²) in [5.74, 6) is -0.593. The van der Waals surface area contributed by atoms with E-state index in [-0.39, 0.29) is 11.8 Å². The molecule has 0 saturated carbocycles. The first-order valence-electron chi connectivity index (χ1n) is 7.04. The van der Waals surface area contributed by atoms with E-state index in [1.165, 1.54) is 12.1 Å². The molecule has 0 spiro atoms. The van der Waals surface area contributed by atoms with Crippen LogP contribution in [0.4, 0.5) is 4.39 Å². The summed E-state index contributed by atoms with van der Waals surface area (Å²) >= 11 is 0. The fourth-order valence-corrected chi connectivity index (χ4v) is 2.28. The second kappa shape index (κ2) is 5.97. The highest BCUT2D eigenvalue weighted by Crippen LogP contribution is 2.16. The molecule has 0 N–H and O–H groups in total. The molecule has 3 aromatic rings. The van der Waals surface area contributed by atoms with Crippen LogP contribution in [0.3, 0.4) is 0 Å². The Morgan fingerprint density at radius 2 is 2.00 bits per heavy atom. The number of carbonyl (C=O) groups excluding carboxylic acids is 1. The maximum absolute atomic E-state index is 12.9. The highest BCUT2D eigenvalue weighted by molar-refractivity contribution is 5.94. The van der Waals surface area contributed by atoms with E-state index >= 15 is 0 Å². The number of rotatable bonds is 4. The summed E-state index contributed by atoms with van der Waals surface area (Å²) < 4.78 is 19.7. The molecule has 3 rings (SSSR count). The molecule has 4 nitrogen and oxygen atoms in total. The summed E-state index contributed by atoms with van der Waals surface area (Å²) in [5, 5.41) is 5.32. The van der Waals surface area contributed by atoms with Crippen molar-refractivity contribution >= 4 is 16.9 Å². The van der Waals surface area contributed by atoms with Crippen LogP contribution in [0.5, 0.6) is 0 Å². The van der Waals surface area contributed by atoms with Crippen molar-refractivity contribution in [1.82, 2.24) is 9.78 Å². The lowest BCUT2D eigenvalue weighted by molar-refractivity contribution is 0.0526. The molecular formula is C17H15FN2O2. The number of hydrogen-bond acceptors (Lipinski definition) is 3. The zero-order valence-corrected chi connectivity index (χ0v) is 12.1. The average molecular weight is 298 g/mol. The van der Waals surface area contributed by atoms with Crippen molar-refractivity contribution in [1.29, 1.82) is 0 Å². The van der Waals surface area contributed by atoms with E-state index in [1.54, 1.807) is 41.9 Å². The van der Waals surface area contributed by atoms with Crippen molar-refractivity contribution < 1.29 is 13.9 Å². The van der Waals surface area contributed by atoms with Crippen LogP contribution in [0.25, 0.3) is 10.9 Å². The van der Waals surface area contributed by atoms with E-state index in [9.17, 15) is 9.18 Å². The maximum atomic E-state index is 12.9. The van der Waals surface area contributed by atoms with Crippen LogP contribution in [-0.4, -0.2) is 22.4 Å². The third-order valence-corrected chi connectivity index (χ3v) is 3.32. The molecule has 0 aliphatic heterocycles.